The van der Waals surface area contributed by atoms with E-state index in [4.69, 9.17) is 0 Å². The number of nitrogens with zero attached hydrogens (tertiary/aromatic N) is 1. The van der Waals surface area contributed by atoms with E-state index in [2.05, 4.69) is 20.8 Å². The predicted molar refractivity (Wildman–Crippen MR) is 77.4 cm³/mol. The van der Waals surface area contributed by atoms with Crippen molar-refractivity contribution in [2.24, 2.45) is 0 Å². The molecule has 1 atom stereocenters. The smallest absolute Gasteiger partial charge is 0.131 e. The fourth-order valence-corrected chi connectivity index (χ4v) is 3.12. The molecule has 0 aliphatic carbocycles. The Labute approximate surface area is 122 Å². The van der Waals surface area contributed by atoms with Crippen molar-refractivity contribution in [2.45, 2.75) is 45.2 Å². The number of benzene rings is 1. The van der Waals surface area contributed by atoms with Crippen LogP contribution in [0.3, 0.4) is 0 Å². The van der Waals surface area contributed by atoms with E-state index in [9.17, 15) is 9.18 Å². The van der Waals surface area contributed by atoms with Crippen LogP contribution in [0.4, 0.5) is 4.39 Å². The highest BCUT2D eigenvalue weighted by molar-refractivity contribution is 9.10. The first-order chi connectivity index (χ1) is 9.06. The third-order valence-electron chi connectivity index (χ3n) is 3.65. The van der Waals surface area contributed by atoms with Gasteiger partial charge >= 0.3 is 0 Å². The van der Waals surface area contributed by atoms with Crippen LogP contribution in [0, 0.1) is 5.82 Å². The van der Waals surface area contributed by atoms with Crippen molar-refractivity contribution in [1.29, 1.82) is 0 Å². The van der Waals surface area contributed by atoms with Gasteiger partial charge in [0, 0.05) is 29.0 Å². The molecule has 0 N–H and O–H groups in total. The van der Waals surface area contributed by atoms with Crippen LogP contribution in [0.5, 0.6) is 0 Å². The molecular formula is C15H19BrFNO. The minimum Gasteiger partial charge on any atom is -0.300 e. The van der Waals surface area contributed by atoms with Gasteiger partial charge in [0.25, 0.3) is 0 Å². The zero-order valence-corrected chi connectivity index (χ0v) is 12.7. The van der Waals surface area contributed by atoms with E-state index in [0.29, 0.717) is 18.5 Å². The van der Waals surface area contributed by atoms with Gasteiger partial charge in [0.15, 0.2) is 0 Å². The van der Waals surface area contributed by atoms with Gasteiger partial charge in [0.1, 0.15) is 11.6 Å². The van der Waals surface area contributed by atoms with Crippen molar-refractivity contribution >= 4 is 21.7 Å². The Hall–Kier alpha value is -0.740. The summed E-state index contributed by atoms with van der Waals surface area (Å²) < 4.78 is 14.7. The predicted octanol–water partition coefficient (Wildman–Crippen LogP) is 3.92. The van der Waals surface area contributed by atoms with E-state index >= 15 is 0 Å². The zero-order chi connectivity index (χ0) is 13.8. The van der Waals surface area contributed by atoms with Gasteiger partial charge in [-0.25, -0.2) is 4.39 Å². The molecule has 4 heteroatoms. The molecule has 1 unspecified atom stereocenters. The quantitative estimate of drug-likeness (QED) is 0.835. The van der Waals surface area contributed by atoms with E-state index in [1.807, 2.05) is 6.07 Å². The molecule has 1 aliphatic rings. The second-order valence-corrected chi connectivity index (χ2v) is 6.18. The standard InChI is InChI=1S/C15H19BrFNO/c1-11(19)8-14-4-2-3-7-18(14)10-12-9-13(16)5-6-15(12)17/h5-6,9,14H,2-4,7-8,10H2,1H3. The van der Waals surface area contributed by atoms with Crippen LogP contribution in [0.1, 0.15) is 38.2 Å². The number of hydrogen-bond acceptors (Lipinski definition) is 2. The number of piperidine rings is 1. The lowest BCUT2D eigenvalue weighted by Crippen LogP contribution is -2.40. The number of ketones is 1. The molecule has 0 bridgehead atoms. The van der Waals surface area contributed by atoms with Crippen molar-refractivity contribution in [3.63, 3.8) is 0 Å². The van der Waals surface area contributed by atoms with E-state index in [1.165, 1.54) is 6.07 Å². The molecule has 1 saturated heterocycles. The van der Waals surface area contributed by atoms with Crippen molar-refractivity contribution in [3.05, 3.63) is 34.1 Å². The molecule has 1 heterocycles. The maximum Gasteiger partial charge on any atom is 0.131 e. The largest absolute Gasteiger partial charge is 0.300 e. The maximum atomic E-state index is 13.8. The molecule has 2 rings (SSSR count). The van der Waals surface area contributed by atoms with Crippen molar-refractivity contribution in [2.75, 3.05) is 6.54 Å². The van der Waals surface area contributed by atoms with Crippen LogP contribution in [-0.2, 0) is 11.3 Å². The number of rotatable bonds is 4. The highest BCUT2D eigenvalue weighted by Crippen LogP contribution is 2.24. The molecule has 1 aromatic carbocycles. The lowest BCUT2D eigenvalue weighted by molar-refractivity contribution is -0.118. The summed E-state index contributed by atoms with van der Waals surface area (Å²) in [5, 5.41) is 0. The van der Waals surface area contributed by atoms with Crippen LogP contribution >= 0.6 is 15.9 Å². The van der Waals surface area contributed by atoms with Gasteiger partial charge in [-0.05, 0) is 44.5 Å². The molecule has 1 aliphatic heterocycles. The number of hydrogen-bond donors (Lipinski definition) is 0. The minimum atomic E-state index is -0.171. The van der Waals surface area contributed by atoms with E-state index in [-0.39, 0.29) is 17.6 Å². The van der Waals surface area contributed by atoms with Crippen LogP contribution in [-0.4, -0.2) is 23.3 Å². The minimum absolute atomic E-state index is 0.171. The van der Waals surface area contributed by atoms with Gasteiger partial charge in [-0.3, -0.25) is 9.69 Å². The summed E-state index contributed by atoms with van der Waals surface area (Å²) in [6.45, 7) is 3.17. The van der Waals surface area contributed by atoms with E-state index < -0.39 is 0 Å². The first-order valence-electron chi connectivity index (χ1n) is 6.73. The maximum absolute atomic E-state index is 13.8. The number of Topliss-reactive ketones (excluding diaryl/α,β-unsaturated/α-hetero) is 1. The number of carbonyl (C=O) groups excluding carboxylic acids is 1. The molecule has 2 nitrogen and oxygen atoms in total. The van der Waals surface area contributed by atoms with Crippen LogP contribution in [0.2, 0.25) is 0 Å². The van der Waals surface area contributed by atoms with Crippen LogP contribution in [0.15, 0.2) is 22.7 Å². The lowest BCUT2D eigenvalue weighted by Gasteiger charge is -2.35. The molecular weight excluding hydrogens is 309 g/mol. The first kappa shape index (κ1) is 14.7. The SMILES string of the molecule is CC(=O)CC1CCCCN1Cc1cc(Br)ccc1F. The number of carbonyl (C=O) groups is 1. The summed E-state index contributed by atoms with van der Waals surface area (Å²) in [6, 6.07) is 5.30. The van der Waals surface area contributed by atoms with Crippen molar-refractivity contribution < 1.29 is 9.18 Å². The Morgan fingerprint density at radius 2 is 2.26 bits per heavy atom. The Kier molecular flexibility index (Phi) is 5.11. The molecule has 0 radical (unpaired) electrons. The van der Waals surface area contributed by atoms with E-state index in [1.54, 1.807) is 13.0 Å². The first-order valence-corrected chi connectivity index (χ1v) is 7.53. The molecule has 0 amide bonds. The van der Waals surface area contributed by atoms with E-state index in [0.717, 1.165) is 30.3 Å². The topological polar surface area (TPSA) is 20.3 Å². The third kappa shape index (κ3) is 4.11. The fourth-order valence-electron chi connectivity index (χ4n) is 2.71. The van der Waals surface area contributed by atoms with Gasteiger partial charge in [-0.15, -0.1) is 0 Å². The molecule has 0 spiro atoms. The second kappa shape index (κ2) is 6.62. The highest BCUT2D eigenvalue weighted by Gasteiger charge is 2.24. The Morgan fingerprint density at radius 3 is 3.00 bits per heavy atom. The van der Waals surface area contributed by atoms with Gasteiger partial charge in [-0.1, -0.05) is 22.4 Å². The summed E-state index contributed by atoms with van der Waals surface area (Å²) in [5.41, 5.74) is 0.699. The summed E-state index contributed by atoms with van der Waals surface area (Å²) in [6.07, 6.45) is 3.91. The van der Waals surface area contributed by atoms with Crippen molar-refractivity contribution in [3.8, 4) is 0 Å². The number of likely N-dealkylation sites (tertiary alicyclic amines) is 1. The molecule has 0 saturated carbocycles. The third-order valence-corrected chi connectivity index (χ3v) is 4.15. The van der Waals surface area contributed by atoms with Gasteiger partial charge in [-0.2, -0.15) is 0 Å². The summed E-state index contributed by atoms with van der Waals surface area (Å²) in [4.78, 5) is 13.6. The monoisotopic (exact) mass is 327 g/mol. The Bertz CT molecular complexity index is 463. The number of halogens is 2. The normalized spacial score (nSPS) is 20.5. The molecule has 19 heavy (non-hydrogen) atoms. The zero-order valence-electron chi connectivity index (χ0n) is 11.2. The Balaban J connectivity index is 2.10. The molecule has 0 aromatic heterocycles. The molecule has 1 aromatic rings. The van der Waals surface area contributed by atoms with Crippen LogP contribution in [0.25, 0.3) is 0 Å². The summed E-state index contributed by atoms with van der Waals surface area (Å²) in [5.74, 6) is 0.0435. The summed E-state index contributed by atoms with van der Waals surface area (Å²) in [7, 11) is 0. The van der Waals surface area contributed by atoms with Gasteiger partial charge in [0.05, 0.1) is 0 Å². The van der Waals surface area contributed by atoms with Crippen molar-refractivity contribution in [1.82, 2.24) is 4.90 Å². The molecule has 1 fully saturated rings. The second-order valence-electron chi connectivity index (χ2n) is 5.26. The summed E-state index contributed by atoms with van der Waals surface area (Å²) >= 11 is 3.38. The average molecular weight is 328 g/mol. The molecule has 104 valence electrons. The van der Waals surface area contributed by atoms with Gasteiger partial charge < -0.3 is 0 Å². The van der Waals surface area contributed by atoms with Crippen LogP contribution < -0.4 is 0 Å². The fraction of sp³-hybridized carbons (Fsp3) is 0.533. The average Bonchev–Trinajstić information content (AvgIpc) is 2.35. The highest BCUT2D eigenvalue weighted by atomic mass is 79.9. The Morgan fingerprint density at radius 1 is 1.47 bits per heavy atom. The lowest BCUT2D eigenvalue weighted by atomic mass is 9.97. The van der Waals surface area contributed by atoms with Gasteiger partial charge in [0.2, 0.25) is 0 Å².